The third-order valence-electron chi connectivity index (χ3n) is 10.0. The van der Waals surface area contributed by atoms with Gasteiger partial charge in [0, 0.05) is 62.5 Å². The minimum absolute atomic E-state index is 0.0286. The number of carbonyl (C=O) groups is 1. The number of aromatic nitrogens is 2. The van der Waals surface area contributed by atoms with Gasteiger partial charge in [0.05, 0.1) is 31.5 Å². The molecule has 2 aromatic carbocycles. The highest BCUT2D eigenvalue weighted by molar-refractivity contribution is 5.96. The Bertz CT molecular complexity index is 2020. The van der Waals surface area contributed by atoms with E-state index in [2.05, 4.69) is 50.5 Å². The third-order valence-corrected chi connectivity index (χ3v) is 10.0. The van der Waals surface area contributed by atoms with Gasteiger partial charge >= 0.3 is 0 Å². The van der Waals surface area contributed by atoms with E-state index in [0.29, 0.717) is 70.2 Å². The first kappa shape index (κ1) is 31.1. The zero-order valence-corrected chi connectivity index (χ0v) is 27.3. The first-order valence-electron chi connectivity index (χ1n) is 16.9. The maximum atomic E-state index is 13.4. The van der Waals surface area contributed by atoms with Crippen molar-refractivity contribution in [3.63, 3.8) is 0 Å². The summed E-state index contributed by atoms with van der Waals surface area (Å²) < 4.78 is 23.7. The Kier molecular flexibility index (Phi) is 8.46. The molecule has 3 saturated heterocycles. The van der Waals surface area contributed by atoms with Crippen LogP contribution in [0.4, 0.5) is 0 Å². The van der Waals surface area contributed by atoms with Gasteiger partial charge in [0.2, 0.25) is 0 Å². The van der Waals surface area contributed by atoms with Crippen LogP contribution in [0.1, 0.15) is 40.7 Å². The molecule has 248 valence electrons. The van der Waals surface area contributed by atoms with Crippen LogP contribution in [0, 0.1) is 23.2 Å². The molecule has 0 spiro atoms. The van der Waals surface area contributed by atoms with Gasteiger partial charge in [-0.1, -0.05) is 36.4 Å². The highest BCUT2D eigenvalue weighted by Gasteiger charge is 2.47. The lowest BCUT2D eigenvalue weighted by Crippen LogP contribution is -2.64. The first-order chi connectivity index (χ1) is 24.1. The van der Waals surface area contributed by atoms with Crippen LogP contribution >= 0.6 is 0 Å². The molecule has 1 amide bonds. The summed E-state index contributed by atoms with van der Waals surface area (Å²) in [7, 11) is 1.56. The highest BCUT2D eigenvalue weighted by Crippen LogP contribution is 2.41. The molecule has 5 aromatic rings. The van der Waals surface area contributed by atoms with Crippen molar-refractivity contribution < 1.29 is 23.4 Å². The van der Waals surface area contributed by atoms with Gasteiger partial charge in [-0.05, 0) is 53.6 Å². The molecule has 0 radical (unpaired) electrons. The fourth-order valence-electron chi connectivity index (χ4n) is 7.48. The molecule has 1 N–H and O–H groups in total. The number of hydrogen-bond acceptors (Lipinski definition) is 9. The van der Waals surface area contributed by atoms with Gasteiger partial charge in [0.25, 0.3) is 5.91 Å². The summed E-state index contributed by atoms with van der Waals surface area (Å²) >= 11 is 0. The number of fused-ring (bicyclic) bond motifs is 3. The predicted molar refractivity (Wildman–Crippen MR) is 183 cm³/mol. The molecule has 4 fully saturated rings. The van der Waals surface area contributed by atoms with E-state index < -0.39 is 0 Å². The standard InChI is InChI=1S/C39H37N5O5/c1-46-34-17-27(39(45)43-36-28-16-29(36)23-44(22-28)21-24-5-3-2-4-6-24)20-42-37(34)35-18-32-38(49-35)31(9-12-41-32)25-7-8-33(26(15-25)19-40)48-30-10-13-47-14-11-30/h2-9,12,15,17-18,20,28-30,36H,10-11,13-14,16,21-23H2,1H3,(H,43,45). The van der Waals surface area contributed by atoms with Crippen LogP contribution in [0.15, 0.2) is 83.5 Å². The van der Waals surface area contributed by atoms with Crippen LogP contribution in [0.3, 0.4) is 0 Å². The Hall–Kier alpha value is -5.24. The number of benzene rings is 2. The molecule has 1 aliphatic carbocycles. The van der Waals surface area contributed by atoms with E-state index in [1.165, 1.54) is 5.56 Å². The number of piperidine rings is 2. The number of hydrogen-bond donors (Lipinski definition) is 1. The predicted octanol–water partition coefficient (Wildman–Crippen LogP) is 6.25. The summed E-state index contributed by atoms with van der Waals surface area (Å²) in [6, 6.07) is 23.9. The lowest BCUT2D eigenvalue weighted by Gasteiger charge is -2.53. The van der Waals surface area contributed by atoms with E-state index in [4.69, 9.17) is 18.6 Å². The summed E-state index contributed by atoms with van der Waals surface area (Å²) in [6.45, 7) is 4.21. The third kappa shape index (κ3) is 6.23. The van der Waals surface area contributed by atoms with E-state index in [1.807, 2.05) is 36.4 Å². The molecule has 4 aliphatic rings. The van der Waals surface area contributed by atoms with Crippen LogP contribution in [-0.2, 0) is 11.3 Å². The number of nitriles is 1. The van der Waals surface area contributed by atoms with Crippen molar-refractivity contribution in [2.75, 3.05) is 33.4 Å². The molecule has 10 heteroatoms. The molecule has 3 aromatic heterocycles. The average molecular weight is 656 g/mol. The average Bonchev–Trinajstić information content (AvgIpc) is 3.59. The Balaban J connectivity index is 0.985. The minimum Gasteiger partial charge on any atom is -0.494 e. The van der Waals surface area contributed by atoms with Crippen molar-refractivity contribution in [2.45, 2.75) is 38.0 Å². The molecule has 2 unspecified atom stereocenters. The number of pyridine rings is 2. The van der Waals surface area contributed by atoms with Gasteiger partial charge in [0.1, 0.15) is 34.9 Å². The second-order valence-corrected chi connectivity index (χ2v) is 13.1. The molecule has 49 heavy (non-hydrogen) atoms. The SMILES string of the molecule is COc1cc(C(=O)NC2C3CC2CN(Cc2ccccc2)C3)cnc1-c1cc2nccc(-c3ccc(OC4CCOCC4)c(C#N)c3)c2o1. The van der Waals surface area contributed by atoms with E-state index in [-0.39, 0.29) is 18.1 Å². The summed E-state index contributed by atoms with van der Waals surface area (Å²) in [5, 5.41) is 13.2. The maximum absolute atomic E-state index is 13.4. The van der Waals surface area contributed by atoms with Crippen LogP contribution in [-0.4, -0.2) is 66.3 Å². The summed E-state index contributed by atoms with van der Waals surface area (Å²) in [5.74, 6) is 2.19. The lowest BCUT2D eigenvalue weighted by molar-refractivity contribution is -0.0162. The van der Waals surface area contributed by atoms with Gasteiger partial charge in [-0.15, -0.1) is 0 Å². The van der Waals surface area contributed by atoms with Crippen molar-refractivity contribution in [1.82, 2.24) is 20.2 Å². The quantitative estimate of drug-likeness (QED) is 0.196. The Morgan fingerprint density at radius 3 is 2.61 bits per heavy atom. The largest absolute Gasteiger partial charge is 0.494 e. The van der Waals surface area contributed by atoms with Gasteiger partial charge < -0.3 is 23.9 Å². The summed E-state index contributed by atoms with van der Waals surface area (Å²) in [5.41, 5.74) is 5.46. The second kappa shape index (κ2) is 13.3. The summed E-state index contributed by atoms with van der Waals surface area (Å²) in [4.78, 5) is 25.1. The van der Waals surface area contributed by atoms with Crippen molar-refractivity contribution in [2.24, 2.45) is 11.8 Å². The van der Waals surface area contributed by atoms with E-state index in [0.717, 1.165) is 50.0 Å². The lowest BCUT2D eigenvalue weighted by atomic mass is 9.66. The molecule has 3 aliphatic heterocycles. The number of nitrogens with one attached hydrogen (secondary N) is 1. The topological polar surface area (TPSA) is 123 Å². The minimum atomic E-state index is -0.153. The first-order valence-corrected chi connectivity index (χ1v) is 16.9. The van der Waals surface area contributed by atoms with Gasteiger partial charge in [-0.2, -0.15) is 5.26 Å². The van der Waals surface area contributed by atoms with Gasteiger partial charge in [-0.3, -0.25) is 14.7 Å². The van der Waals surface area contributed by atoms with Crippen molar-refractivity contribution in [3.8, 4) is 40.1 Å². The van der Waals surface area contributed by atoms with Crippen molar-refractivity contribution in [1.29, 1.82) is 5.26 Å². The Labute approximate surface area is 284 Å². The van der Waals surface area contributed by atoms with Crippen molar-refractivity contribution in [3.05, 3.63) is 95.8 Å². The second-order valence-electron chi connectivity index (χ2n) is 13.1. The number of nitrogens with zero attached hydrogens (tertiary/aromatic N) is 4. The molecule has 10 nitrogen and oxygen atoms in total. The number of furan rings is 1. The Morgan fingerprint density at radius 2 is 1.84 bits per heavy atom. The Morgan fingerprint density at radius 1 is 1.02 bits per heavy atom. The number of carbonyl (C=O) groups excluding carboxylic acids is 1. The number of rotatable bonds is 9. The molecule has 2 bridgehead atoms. The van der Waals surface area contributed by atoms with E-state index in [1.54, 1.807) is 25.6 Å². The molecule has 9 rings (SSSR count). The fraction of sp³-hybridized carbons (Fsp3) is 0.333. The van der Waals surface area contributed by atoms with Gasteiger partial charge in [-0.25, -0.2) is 4.98 Å². The van der Waals surface area contributed by atoms with Crippen LogP contribution in [0.25, 0.3) is 33.7 Å². The van der Waals surface area contributed by atoms with Crippen LogP contribution < -0.4 is 14.8 Å². The van der Waals surface area contributed by atoms with E-state index >= 15 is 0 Å². The zero-order chi connectivity index (χ0) is 33.3. The molecule has 2 atom stereocenters. The number of ether oxygens (including phenoxy) is 3. The number of methoxy groups -OCH3 is 1. The molecule has 6 heterocycles. The maximum Gasteiger partial charge on any atom is 0.253 e. The molecular weight excluding hydrogens is 618 g/mol. The van der Waals surface area contributed by atoms with Crippen LogP contribution in [0.2, 0.25) is 0 Å². The monoisotopic (exact) mass is 655 g/mol. The zero-order valence-electron chi connectivity index (χ0n) is 27.3. The van der Waals surface area contributed by atoms with Gasteiger partial charge in [0.15, 0.2) is 11.3 Å². The summed E-state index contributed by atoms with van der Waals surface area (Å²) in [6.07, 6.45) is 6.05. The van der Waals surface area contributed by atoms with Crippen LogP contribution in [0.5, 0.6) is 11.5 Å². The smallest absolute Gasteiger partial charge is 0.253 e. The molecular formula is C39H37N5O5. The van der Waals surface area contributed by atoms with Crippen molar-refractivity contribution >= 4 is 17.0 Å². The number of amides is 1. The highest BCUT2D eigenvalue weighted by atomic mass is 16.5. The van der Waals surface area contributed by atoms with E-state index in [9.17, 15) is 10.1 Å². The normalized spacial score (nSPS) is 20.7. The molecule has 1 saturated carbocycles. The fourth-order valence-corrected chi connectivity index (χ4v) is 7.48.